The maximum absolute atomic E-state index is 5.30. The van der Waals surface area contributed by atoms with E-state index in [2.05, 4.69) is 47.2 Å². The van der Waals surface area contributed by atoms with Gasteiger partial charge in [0.1, 0.15) is 0 Å². The summed E-state index contributed by atoms with van der Waals surface area (Å²) in [5, 5.41) is 0. The van der Waals surface area contributed by atoms with Gasteiger partial charge in [-0.15, -0.1) is 0 Å². The molecule has 0 radical (unpaired) electrons. The molecule has 0 spiro atoms. The predicted molar refractivity (Wildman–Crippen MR) is 59.5 cm³/mol. The summed E-state index contributed by atoms with van der Waals surface area (Å²) < 4.78 is 7.54. The van der Waals surface area contributed by atoms with E-state index in [1.165, 1.54) is 16.9 Å². The van der Waals surface area contributed by atoms with Gasteiger partial charge in [0.2, 0.25) is 0 Å². The van der Waals surface area contributed by atoms with Crippen molar-refractivity contribution in [3.05, 3.63) is 53.9 Å². The normalized spacial score (nSPS) is 17.5. The molecule has 0 saturated heterocycles. The minimum atomic E-state index is 0.390. The van der Waals surface area contributed by atoms with Crippen molar-refractivity contribution in [1.29, 1.82) is 0 Å². The summed E-state index contributed by atoms with van der Waals surface area (Å²) in [7, 11) is 1.76. The predicted octanol–water partition coefficient (Wildman–Crippen LogP) is 2.57. The van der Waals surface area contributed by atoms with Crippen LogP contribution in [0.1, 0.15) is 17.2 Å². The average molecular weight is 199 g/mol. The summed E-state index contributed by atoms with van der Waals surface area (Å²) in [6.45, 7) is 0.751. The first kappa shape index (κ1) is 8.74. The molecule has 3 rings (SSSR count). The van der Waals surface area contributed by atoms with Gasteiger partial charge < -0.3 is 9.30 Å². The molecular weight excluding hydrogens is 186 g/mol. The topological polar surface area (TPSA) is 14.2 Å². The fourth-order valence-electron chi connectivity index (χ4n) is 2.40. The highest BCUT2D eigenvalue weighted by atomic mass is 16.5. The lowest BCUT2D eigenvalue weighted by molar-refractivity contribution is 0.189. The number of para-hydroxylation sites is 1. The second kappa shape index (κ2) is 3.24. The highest BCUT2D eigenvalue weighted by molar-refractivity contribution is 5.54. The Labute approximate surface area is 89.1 Å². The molecule has 2 aromatic rings. The highest BCUT2D eigenvalue weighted by Gasteiger charge is 2.27. The van der Waals surface area contributed by atoms with Gasteiger partial charge in [-0.1, -0.05) is 18.2 Å². The van der Waals surface area contributed by atoms with E-state index in [4.69, 9.17) is 4.74 Å². The Morgan fingerprint density at radius 3 is 2.93 bits per heavy atom. The fourth-order valence-corrected chi connectivity index (χ4v) is 2.40. The molecule has 76 valence electrons. The van der Waals surface area contributed by atoms with Gasteiger partial charge in [0, 0.05) is 24.7 Å². The lowest BCUT2D eigenvalue weighted by Crippen LogP contribution is -2.04. The Hall–Kier alpha value is -1.54. The van der Waals surface area contributed by atoms with Crippen molar-refractivity contribution in [3.63, 3.8) is 0 Å². The molecule has 1 aliphatic heterocycles. The molecule has 1 unspecified atom stereocenters. The summed E-state index contributed by atoms with van der Waals surface area (Å²) >= 11 is 0. The first-order valence-corrected chi connectivity index (χ1v) is 5.17. The van der Waals surface area contributed by atoms with Crippen LogP contribution in [0.15, 0.2) is 42.6 Å². The van der Waals surface area contributed by atoms with Crippen LogP contribution < -0.4 is 0 Å². The molecule has 1 aromatic carbocycles. The van der Waals surface area contributed by atoms with Gasteiger partial charge in [-0.05, 0) is 23.8 Å². The molecule has 15 heavy (non-hydrogen) atoms. The van der Waals surface area contributed by atoms with Crippen LogP contribution in [0.25, 0.3) is 5.69 Å². The van der Waals surface area contributed by atoms with E-state index in [0.717, 1.165) is 6.61 Å². The molecule has 2 heteroatoms. The molecule has 0 N–H and O–H groups in total. The number of aromatic nitrogens is 1. The van der Waals surface area contributed by atoms with Gasteiger partial charge in [-0.25, -0.2) is 0 Å². The standard InChI is InChI=1S/C13H13NO/c1-15-9-11-10-5-2-3-6-12(10)14-8-4-7-13(11)14/h2-8,11H,9H2,1H3. The third kappa shape index (κ3) is 1.15. The van der Waals surface area contributed by atoms with Crippen LogP contribution >= 0.6 is 0 Å². The Balaban J connectivity index is 2.19. The van der Waals surface area contributed by atoms with Crippen molar-refractivity contribution in [3.8, 4) is 5.69 Å². The van der Waals surface area contributed by atoms with Crippen molar-refractivity contribution in [2.75, 3.05) is 13.7 Å². The van der Waals surface area contributed by atoms with Crippen molar-refractivity contribution in [2.24, 2.45) is 0 Å². The van der Waals surface area contributed by atoms with E-state index in [9.17, 15) is 0 Å². The summed E-state index contributed by atoms with van der Waals surface area (Å²) in [4.78, 5) is 0. The van der Waals surface area contributed by atoms with Crippen LogP contribution in [-0.2, 0) is 4.74 Å². The molecule has 2 nitrogen and oxygen atoms in total. The van der Waals surface area contributed by atoms with Gasteiger partial charge in [0.05, 0.1) is 12.5 Å². The van der Waals surface area contributed by atoms with Gasteiger partial charge in [0.25, 0.3) is 0 Å². The number of fused-ring (bicyclic) bond motifs is 3. The minimum Gasteiger partial charge on any atom is -0.384 e. The zero-order chi connectivity index (χ0) is 10.3. The third-order valence-corrected chi connectivity index (χ3v) is 3.04. The zero-order valence-electron chi connectivity index (χ0n) is 8.68. The summed E-state index contributed by atoms with van der Waals surface area (Å²) in [6.07, 6.45) is 2.11. The number of benzene rings is 1. The minimum absolute atomic E-state index is 0.390. The molecule has 0 aliphatic carbocycles. The highest BCUT2D eigenvalue weighted by Crippen LogP contribution is 2.37. The molecular formula is C13H13NO. The van der Waals surface area contributed by atoms with Crippen LogP contribution in [-0.4, -0.2) is 18.3 Å². The number of methoxy groups -OCH3 is 1. The largest absolute Gasteiger partial charge is 0.384 e. The zero-order valence-corrected chi connectivity index (χ0v) is 8.68. The second-order valence-electron chi connectivity index (χ2n) is 3.87. The van der Waals surface area contributed by atoms with E-state index in [1.54, 1.807) is 7.11 Å². The number of hydrogen-bond donors (Lipinski definition) is 0. The Morgan fingerprint density at radius 2 is 2.07 bits per heavy atom. The van der Waals surface area contributed by atoms with E-state index in [0.29, 0.717) is 5.92 Å². The van der Waals surface area contributed by atoms with Crippen LogP contribution in [0.5, 0.6) is 0 Å². The number of rotatable bonds is 2. The van der Waals surface area contributed by atoms with Gasteiger partial charge >= 0.3 is 0 Å². The number of ether oxygens (including phenoxy) is 1. The van der Waals surface area contributed by atoms with Crippen LogP contribution in [0.2, 0.25) is 0 Å². The summed E-state index contributed by atoms with van der Waals surface area (Å²) in [6, 6.07) is 12.8. The van der Waals surface area contributed by atoms with Gasteiger partial charge in [0.15, 0.2) is 0 Å². The second-order valence-corrected chi connectivity index (χ2v) is 3.87. The average Bonchev–Trinajstić information content (AvgIpc) is 2.82. The Kier molecular flexibility index (Phi) is 1.89. The molecule has 1 aromatic heterocycles. The Bertz CT molecular complexity index is 487. The molecule has 0 amide bonds. The maximum atomic E-state index is 5.30. The number of hydrogen-bond acceptors (Lipinski definition) is 1. The van der Waals surface area contributed by atoms with Crippen LogP contribution in [0.4, 0.5) is 0 Å². The summed E-state index contributed by atoms with van der Waals surface area (Å²) in [5.41, 5.74) is 3.99. The van der Waals surface area contributed by atoms with E-state index >= 15 is 0 Å². The van der Waals surface area contributed by atoms with Crippen molar-refractivity contribution < 1.29 is 4.74 Å². The molecule has 1 atom stereocenters. The quantitative estimate of drug-likeness (QED) is 0.725. The van der Waals surface area contributed by atoms with Crippen molar-refractivity contribution >= 4 is 0 Å². The first-order valence-electron chi connectivity index (χ1n) is 5.17. The maximum Gasteiger partial charge on any atom is 0.0587 e. The summed E-state index contributed by atoms with van der Waals surface area (Å²) in [5.74, 6) is 0.390. The van der Waals surface area contributed by atoms with Crippen LogP contribution in [0.3, 0.4) is 0 Å². The molecule has 0 bridgehead atoms. The van der Waals surface area contributed by atoms with E-state index in [-0.39, 0.29) is 0 Å². The SMILES string of the molecule is COCC1c2ccccc2-n2cccc21. The van der Waals surface area contributed by atoms with Crippen molar-refractivity contribution in [1.82, 2.24) is 4.57 Å². The van der Waals surface area contributed by atoms with Gasteiger partial charge in [-0.2, -0.15) is 0 Å². The fraction of sp³-hybridized carbons (Fsp3) is 0.231. The van der Waals surface area contributed by atoms with Crippen molar-refractivity contribution in [2.45, 2.75) is 5.92 Å². The van der Waals surface area contributed by atoms with Gasteiger partial charge in [-0.3, -0.25) is 0 Å². The molecule has 0 saturated carbocycles. The Morgan fingerprint density at radius 1 is 1.20 bits per heavy atom. The lowest BCUT2D eigenvalue weighted by atomic mass is 9.99. The smallest absolute Gasteiger partial charge is 0.0587 e. The molecule has 1 aliphatic rings. The lowest BCUT2D eigenvalue weighted by Gasteiger charge is -2.09. The molecule has 0 fully saturated rings. The van der Waals surface area contributed by atoms with E-state index < -0.39 is 0 Å². The monoisotopic (exact) mass is 199 g/mol. The third-order valence-electron chi connectivity index (χ3n) is 3.04. The first-order chi connectivity index (χ1) is 7.42. The number of nitrogens with zero attached hydrogens (tertiary/aromatic N) is 1. The molecule has 2 heterocycles. The van der Waals surface area contributed by atoms with Crippen LogP contribution in [0, 0.1) is 0 Å². The van der Waals surface area contributed by atoms with E-state index in [1.807, 2.05) is 0 Å².